The van der Waals surface area contributed by atoms with E-state index >= 15 is 0 Å². The van der Waals surface area contributed by atoms with Crippen LogP contribution in [0.5, 0.6) is 0 Å². The van der Waals surface area contributed by atoms with Gasteiger partial charge in [-0.1, -0.05) is 44.5 Å². The Balaban J connectivity index is 1.87. The Bertz CT molecular complexity index is 389. The lowest BCUT2D eigenvalue weighted by atomic mass is 9.84. The van der Waals surface area contributed by atoms with E-state index in [1.54, 1.807) is 0 Å². The summed E-state index contributed by atoms with van der Waals surface area (Å²) in [5, 5.41) is 0. The molecule has 1 aromatic carbocycles. The summed E-state index contributed by atoms with van der Waals surface area (Å²) >= 11 is 0. The van der Waals surface area contributed by atoms with Crippen LogP contribution in [0, 0.1) is 5.92 Å². The van der Waals surface area contributed by atoms with Crippen molar-refractivity contribution in [1.29, 1.82) is 0 Å². The smallest absolute Gasteiger partial charge is 0.135 e. The first-order valence-corrected chi connectivity index (χ1v) is 7.28. The fraction of sp³-hybridized carbons (Fsp3) is 0.588. The summed E-state index contributed by atoms with van der Waals surface area (Å²) in [6.07, 6.45) is 6.37. The Morgan fingerprint density at radius 2 is 1.89 bits per heavy atom. The van der Waals surface area contributed by atoms with Crippen LogP contribution in [0.4, 0.5) is 0 Å². The third-order valence-corrected chi connectivity index (χ3v) is 4.11. The lowest BCUT2D eigenvalue weighted by molar-refractivity contribution is -0.124. The lowest BCUT2D eigenvalue weighted by Gasteiger charge is -2.20. The van der Waals surface area contributed by atoms with Crippen LogP contribution in [0.1, 0.15) is 63.0 Å². The number of benzene rings is 1. The van der Waals surface area contributed by atoms with E-state index in [9.17, 15) is 4.79 Å². The average Bonchev–Trinajstić information content (AvgIpc) is 2.38. The number of Topliss-reactive ketones (excluding diaryl/α,β-unsaturated/α-hetero) is 1. The Hall–Kier alpha value is -1.11. The van der Waals surface area contributed by atoms with Crippen molar-refractivity contribution >= 4 is 5.78 Å². The molecule has 1 aliphatic carbocycles. The summed E-state index contributed by atoms with van der Waals surface area (Å²) in [6, 6.07) is 8.90. The highest BCUT2D eigenvalue weighted by Gasteiger charge is 2.21. The second-order valence-corrected chi connectivity index (χ2v) is 5.84. The molecule has 18 heavy (non-hydrogen) atoms. The number of aryl methyl sites for hydroxylation is 1. The molecule has 0 aliphatic heterocycles. The van der Waals surface area contributed by atoms with Gasteiger partial charge in [0, 0.05) is 12.3 Å². The van der Waals surface area contributed by atoms with E-state index in [0.29, 0.717) is 17.6 Å². The van der Waals surface area contributed by atoms with Gasteiger partial charge in [0.05, 0.1) is 0 Å². The van der Waals surface area contributed by atoms with Crippen LogP contribution < -0.4 is 0 Å². The standard InChI is InChI=1S/C17H24O/c1-13(2)15-10-7-14(8-11-15)9-12-16-5-3-4-6-17(16)18/h7-8,10-11,13,16H,3-6,9,12H2,1-2H3. The monoisotopic (exact) mass is 244 g/mol. The van der Waals surface area contributed by atoms with Gasteiger partial charge >= 0.3 is 0 Å². The van der Waals surface area contributed by atoms with Gasteiger partial charge in [0.2, 0.25) is 0 Å². The summed E-state index contributed by atoms with van der Waals surface area (Å²) in [5.41, 5.74) is 2.77. The number of carbonyl (C=O) groups is 1. The molecule has 1 atom stereocenters. The Labute approximate surface area is 111 Å². The third kappa shape index (κ3) is 3.44. The van der Waals surface area contributed by atoms with Gasteiger partial charge in [-0.3, -0.25) is 4.79 Å². The molecular formula is C17H24O. The van der Waals surface area contributed by atoms with Gasteiger partial charge in [0.1, 0.15) is 5.78 Å². The molecule has 98 valence electrons. The van der Waals surface area contributed by atoms with Crippen molar-refractivity contribution in [2.24, 2.45) is 5.92 Å². The summed E-state index contributed by atoms with van der Waals surface area (Å²) in [6.45, 7) is 4.44. The molecule has 1 heteroatoms. The van der Waals surface area contributed by atoms with Gasteiger partial charge in [-0.25, -0.2) is 0 Å². The Morgan fingerprint density at radius 3 is 2.50 bits per heavy atom. The second kappa shape index (κ2) is 6.17. The third-order valence-electron chi connectivity index (χ3n) is 4.11. The molecule has 0 aromatic heterocycles. The first-order chi connectivity index (χ1) is 8.66. The maximum atomic E-state index is 11.8. The van der Waals surface area contributed by atoms with E-state index in [1.165, 1.54) is 17.5 Å². The molecule has 1 unspecified atom stereocenters. The molecule has 0 radical (unpaired) electrons. The van der Waals surface area contributed by atoms with E-state index < -0.39 is 0 Å². The molecule has 1 nitrogen and oxygen atoms in total. The molecule has 0 spiro atoms. The topological polar surface area (TPSA) is 17.1 Å². The van der Waals surface area contributed by atoms with Crippen LogP contribution in [-0.2, 0) is 11.2 Å². The first-order valence-electron chi connectivity index (χ1n) is 7.28. The van der Waals surface area contributed by atoms with Crippen molar-refractivity contribution in [3.8, 4) is 0 Å². The number of hydrogen-bond acceptors (Lipinski definition) is 1. The van der Waals surface area contributed by atoms with Crippen LogP contribution >= 0.6 is 0 Å². The summed E-state index contributed by atoms with van der Waals surface area (Å²) in [7, 11) is 0. The highest BCUT2D eigenvalue weighted by molar-refractivity contribution is 5.81. The molecule has 2 rings (SSSR count). The van der Waals surface area contributed by atoms with Crippen LogP contribution in [0.2, 0.25) is 0 Å². The van der Waals surface area contributed by atoms with Gasteiger partial charge < -0.3 is 0 Å². The average molecular weight is 244 g/mol. The van der Waals surface area contributed by atoms with E-state index in [1.807, 2.05) is 0 Å². The van der Waals surface area contributed by atoms with Crippen molar-refractivity contribution in [3.05, 3.63) is 35.4 Å². The SMILES string of the molecule is CC(C)c1ccc(CCC2CCCCC2=O)cc1. The second-order valence-electron chi connectivity index (χ2n) is 5.84. The van der Waals surface area contributed by atoms with Crippen molar-refractivity contribution in [2.75, 3.05) is 0 Å². The molecule has 1 aliphatic rings. The maximum Gasteiger partial charge on any atom is 0.135 e. The van der Waals surface area contributed by atoms with E-state index in [0.717, 1.165) is 32.1 Å². The highest BCUT2D eigenvalue weighted by Crippen LogP contribution is 2.25. The van der Waals surface area contributed by atoms with E-state index in [-0.39, 0.29) is 0 Å². The molecule has 0 N–H and O–H groups in total. The lowest BCUT2D eigenvalue weighted by Crippen LogP contribution is -2.19. The van der Waals surface area contributed by atoms with Crippen molar-refractivity contribution in [3.63, 3.8) is 0 Å². The highest BCUT2D eigenvalue weighted by atomic mass is 16.1. The maximum absolute atomic E-state index is 11.8. The summed E-state index contributed by atoms with van der Waals surface area (Å²) in [4.78, 5) is 11.8. The molecular weight excluding hydrogens is 220 g/mol. The zero-order valence-electron chi connectivity index (χ0n) is 11.6. The minimum absolute atomic E-state index is 0.337. The summed E-state index contributed by atoms with van der Waals surface area (Å²) < 4.78 is 0. The molecule has 1 saturated carbocycles. The predicted molar refractivity (Wildman–Crippen MR) is 75.8 cm³/mol. The van der Waals surface area contributed by atoms with Crippen molar-refractivity contribution in [1.82, 2.24) is 0 Å². The minimum Gasteiger partial charge on any atom is -0.299 e. The quantitative estimate of drug-likeness (QED) is 0.762. The number of hydrogen-bond donors (Lipinski definition) is 0. The number of rotatable bonds is 4. The number of carbonyl (C=O) groups excluding carboxylic acids is 1. The van der Waals surface area contributed by atoms with Crippen LogP contribution in [0.15, 0.2) is 24.3 Å². The Morgan fingerprint density at radius 1 is 1.17 bits per heavy atom. The van der Waals surface area contributed by atoms with Crippen LogP contribution in [-0.4, -0.2) is 5.78 Å². The number of ketones is 1. The van der Waals surface area contributed by atoms with Gasteiger partial charge in [0.25, 0.3) is 0 Å². The van der Waals surface area contributed by atoms with Gasteiger partial charge in [-0.2, -0.15) is 0 Å². The van der Waals surface area contributed by atoms with Gasteiger partial charge in [-0.15, -0.1) is 0 Å². The van der Waals surface area contributed by atoms with Gasteiger partial charge in [-0.05, 0) is 42.7 Å². The van der Waals surface area contributed by atoms with Crippen molar-refractivity contribution in [2.45, 2.75) is 58.3 Å². The summed E-state index contributed by atoms with van der Waals surface area (Å²) in [5.74, 6) is 1.43. The van der Waals surface area contributed by atoms with Crippen LogP contribution in [0.25, 0.3) is 0 Å². The normalized spacial score (nSPS) is 20.4. The molecule has 0 heterocycles. The zero-order chi connectivity index (χ0) is 13.0. The van der Waals surface area contributed by atoms with Crippen molar-refractivity contribution < 1.29 is 4.79 Å². The fourth-order valence-electron chi connectivity index (χ4n) is 2.77. The Kier molecular flexibility index (Phi) is 4.57. The van der Waals surface area contributed by atoms with E-state index in [2.05, 4.69) is 38.1 Å². The molecule has 0 saturated heterocycles. The largest absolute Gasteiger partial charge is 0.299 e. The van der Waals surface area contributed by atoms with E-state index in [4.69, 9.17) is 0 Å². The zero-order valence-corrected chi connectivity index (χ0v) is 11.6. The molecule has 0 amide bonds. The van der Waals surface area contributed by atoms with Crippen LogP contribution in [0.3, 0.4) is 0 Å². The molecule has 1 fully saturated rings. The fourth-order valence-corrected chi connectivity index (χ4v) is 2.77. The molecule has 1 aromatic rings. The predicted octanol–water partition coefficient (Wildman–Crippen LogP) is 4.50. The molecule has 0 bridgehead atoms. The van der Waals surface area contributed by atoms with Gasteiger partial charge in [0.15, 0.2) is 0 Å². The minimum atomic E-state index is 0.337. The first kappa shape index (κ1) is 13.3.